The number of aliphatic hydroxyl groups excluding tert-OH is 1. The minimum atomic E-state index is 0.226. The van der Waals surface area contributed by atoms with E-state index in [9.17, 15) is 0 Å². The van der Waals surface area contributed by atoms with Crippen LogP contribution in [-0.4, -0.2) is 11.7 Å². The summed E-state index contributed by atoms with van der Waals surface area (Å²) < 4.78 is 0. The molecule has 0 aromatic heterocycles. The predicted octanol–water partition coefficient (Wildman–Crippen LogP) is 2.62. The number of aliphatic hydroxyl groups is 1. The van der Waals surface area contributed by atoms with Crippen LogP contribution >= 0.6 is 0 Å². The zero-order chi connectivity index (χ0) is 9.10. The van der Waals surface area contributed by atoms with Crippen LogP contribution in [0.3, 0.4) is 0 Å². The minimum absolute atomic E-state index is 0.226. The van der Waals surface area contributed by atoms with Gasteiger partial charge in [0.15, 0.2) is 0 Å². The largest absolute Gasteiger partial charge is 0.392 e. The molecule has 0 spiro atoms. The number of hydrogen-bond donors (Lipinski definition) is 1. The van der Waals surface area contributed by atoms with Crippen molar-refractivity contribution in [3.63, 3.8) is 0 Å². The highest BCUT2D eigenvalue weighted by Crippen LogP contribution is 2.33. The highest BCUT2D eigenvalue weighted by atomic mass is 16.3. The van der Waals surface area contributed by atoms with Crippen molar-refractivity contribution in [1.29, 1.82) is 0 Å². The quantitative estimate of drug-likeness (QED) is 0.730. The second-order valence-electron chi connectivity index (χ2n) is 3.46. The van der Waals surface area contributed by atoms with Gasteiger partial charge in [0.2, 0.25) is 0 Å². The van der Waals surface area contributed by atoms with E-state index < -0.39 is 0 Å². The fraction of sp³-hybridized carbons (Fsp3) is 0.333. The SMILES string of the molecule is OCC1=C(c2ccccc2)CCC1. The molecule has 0 saturated carbocycles. The summed E-state index contributed by atoms with van der Waals surface area (Å²) >= 11 is 0. The first-order valence-corrected chi connectivity index (χ1v) is 4.79. The van der Waals surface area contributed by atoms with Crippen LogP contribution in [0, 0.1) is 0 Å². The lowest BCUT2D eigenvalue weighted by molar-refractivity contribution is 0.329. The lowest BCUT2D eigenvalue weighted by Crippen LogP contribution is -1.89. The maximum atomic E-state index is 9.14. The van der Waals surface area contributed by atoms with Crippen molar-refractivity contribution >= 4 is 5.57 Å². The van der Waals surface area contributed by atoms with Gasteiger partial charge in [0.05, 0.1) is 6.61 Å². The number of rotatable bonds is 2. The van der Waals surface area contributed by atoms with Crippen LogP contribution in [0.15, 0.2) is 35.9 Å². The molecule has 13 heavy (non-hydrogen) atoms. The van der Waals surface area contributed by atoms with Gasteiger partial charge in [-0.3, -0.25) is 0 Å². The van der Waals surface area contributed by atoms with Crippen molar-refractivity contribution in [2.24, 2.45) is 0 Å². The molecule has 2 rings (SSSR count). The molecule has 0 bridgehead atoms. The van der Waals surface area contributed by atoms with Crippen LogP contribution < -0.4 is 0 Å². The summed E-state index contributed by atoms with van der Waals surface area (Å²) in [6, 6.07) is 10.4. The summed E-state index contributed by atoms with van der Waals surface area (Å²) in [6.07, 6.45) is 3.39. The van der Waals surface area contributed by atoms with Crippen LogP contribution in [0.4, 0.5) is 0 Å². The van der Waals surface area contributed by atoms with Crippen LogP contribution in [0.25, 0.3) is 5.57 Å². The van der Waals surface area contributed by atoms with Gasteiger partial charge in [0.1, 0.15) is 0 Å². The topological polar surface area (TPSA) is 20.2 Å². The molecular weight excluding hydrogens is 160 g/mol. The van der Waals surface area contributed by atoms with Crippen molar-refractivity contribution in [2.45, 2.75) is 19.3 Å². The van der Waals surface area contributed by atoms with Gasteiger partial charge in [-0.25, -0.2) is 0 Å². The average molecular weight is 174 g/mol. The van der Waals surface area contributed by atoms with Crippen LogP contribution in [0.1, 0.15) is 24.8 Å². The first-order chi connectivity index (χ1) is 6.42. The maximum Gasteiger partial charge on any atom is 0.0647 e. The maximum absolute atomic E-state index is 9.14. The van der Waals surface area contributed by atoms with Crippen LogP contribution in [0.5, 0.6) is 0 Å². The molecule has 0 unspecified atom stereocenters. The zero-order valence-electron chi connectivity index (χ0n) is 7.66. The Balaban J connectivity index is 2.35. The normalized spacial score (nSPS) is 16.7. The van der Waals surface area contributed by atoms with E-state index in [4.69, 9.17) is 5.11 Å². The lowest BCUT2D eigenvalue weighted by atomic mass is 10.0. The molecule has 0 aliphatic heterocycles. The van der Waals surface area contributed by atoms with E-state index in [1.54, 1.807) is 0 Å². The Bertz CT molecular complexity index is 311. The molecule has 0 amide bonds. The smallest absolute Gasteiger partial charge is 0.0647 e. The Morgan fingerprint density at radius 2 is 1.85 bits per heavy atom. The lowest BCUT2D eigenvalue weighted by Gasteiger charge is -2.04. The highest BCUT2D eigenvalue weighted by molar-refractivity contribution is 5.70. The van der Waals surface area contributed by atoms with Crippen molar-refractivity contribution in [1.82, 2.24) is 0 Å². The molecule has 1 aromatic rings. The molecule has 0 radical (unpaired) electrons. The Kier molecular flexibility index (Phi) is 2.46. The molecular formula is C12H14O. The van der Waals surface area contributed by atoms with Gasteiger partial charge in [0.25, 0.3) is 0 Å². The summed E-state index contributed by atoms with van der Waals surface area (Å²) in [7, 11) is 0. The molecule has 1 aliphatic carbocycles. The van der Waals surface area contributed by atoms with E-state index in [0.717, 1.165) is 12.8 Å². The third kappa shape index (κ3) is 1.65. The molecule has 1 heteroatoms. The van der Waals surface area contributed by atoms with E-state index in [2.05, 4.69) is 24.3 Å². The third-order valence-electron chi connectivity index (χ3n) is 2.65. The fourth-order valence-corrected chi connectivity index (χ4v) is 1.97. The zero-order valence-corrected chi connectivity index (χ0v) is 7.66. The molecule has 1 N–H and O–H groups in total. The fourth-order valence-electron chi connectivity index (χ4n) is 1.97. The molecule has 0 fully saturated rings. The molecule has 68 valence electrons. The number of benzene rings is 1. The molecule has 0 atom stereocenters. The standard InChI is InChI=1S/C12H14O/c13-9-11-7-4-8-12(11)10-5-2-1-3-6-10/h1-3,5-6,13H,4,7-9H2. The first-order valence-electron chi connectivity index (χ1n) is 4.79. The summed E-state index contributed by atoms with van der Waals surface area (Å²) in [5.74, 6) is 0. The Morgan fingerprint density at radius 3 is 2.54 bits per heavy atom. The van der Waals surface area contributed by atoms with Crippen LogP contribution in [-0.2, 0) is 0 Å². The molecule has 0 heterocycles. The molecule has 1 nitrogen and oxygen atoms in total. The first kappa shape index (κ1) is 8.52. The van der Waals surface area contributed by atoms with Crippen LogP contribution in [0.2, 0.25) is 0 Å². The van der Waals surface area contributed by atoms with E-state index in [1.165, 1.54) is 23.1 Å². The van der Waals surface area contributed by atoms with Gasteiger partial charge in [-0.15, -0.1) is 0 Å². The van der Waals surface area contributed by atoms with Gasteiger partial charge in [0, 0.05) is 0 Å². The van der Waals surface area contributed by atoms with Gasteiger partial charge in [-0.05, 0) is 36.0 Å². The number of allylic oxidation sites excluding steroid dienone is 1. The van der Waals surface area contributed by atoms with E-state index in [-0.39, 0.29) is 6.61 Å². The second-order valence-corrected chi connectivity index (χ2v) is 3.46. The van der Waals surface area contributed by atoms with E-state index in [1.807, 2.05) is 6.07 Å². The average Bonchev–Trinajstić information content (AvgIpc) is 2.67. The summed E-state index contributed by atoms with van der Waals surface area (Å²) in [5, 5.41) is 9.14. The molecule has 1 aliphatic rings. The van der Waals surface area contributed by atoms with E-state index in [0.29, 0.717) is 0 Å². The third-order valence-corrected chi connectivity index (χ3v) is 2.65. The highest BCUT2D eigenvalue weighted by Gasteiger charge is 2.14. The van der Waals surface area contributed by atoms with Crippen molar-refractivity contribution in [3.8, 4) is 0 Å². The van der Waals surface area contributed by atoms with Gasteiger partial charge in [-0.1, -0.05) is 30.3 Å². The molecule has 1 aromatic carbocycles. The van der Waals surface area contributed by atoms with Crippen molar-refractivity contribution in [3.05, 3.63) is 41.5 Å². The van der Waals surface area contributed by atoms with Crippen molar-refractivity contribution < 1.29 is 5.11 Å². The van der Waals surface area contributed by atoms with Gasteiger partial charge in [-0.2, -0.15) is 0 Å². The molecule has 0 saturated heterocycles. The Labute approximate surface area is 78.7 Å². The van der Waals surface area contributed by atoms with Gasteiger partial charge < -0.3 is 5.11 Å². The Morgan fingerprint density at radius 1 is 1.08 bits per heavy atom. The number of hydrogen-bond acceptors (Lipinski definition) is 1. The monoisotopic (exact) mass is 174 g/mol. The minimum Gasteiger partial charge on any atom is -0.392 e. The summed E-state index contributed by atoms with van der Waals surface area (Å²) in [5.41, 5.74) is 3.87. The second kappa shape index (κ2) is 3.75. The van der Waals surface area contributed by atoms with Crippen molar-refractivity contribution in [2.75, 3.05) is 6.61 Å². The Hall–Kier alpha value is -1.08. The van der Waals surface area contributed by atoms with Gasteiger partial charge >= 0.3 is 0 Å². The summed E-state index contributed by atoms with van der Waals surface area (Å²) in [6.45, 7) is 0.226. The predicted molar refractivity (Wildman–Crippen MR) is 54.3 cm³/mol. The van der Waals surface area contributed by atoms with E-state index >= 15 is 0 Å². The summed E-state index contributed by atoms with van der Waals surface area (Å²) in [4.78, 5) is 0.